The predicted octanol–water partition coefficient (Wildman–Crippen LogP) is 14.8. The van der Waals surface area contributed by atoms with Gasteiger partial charge in [-0.3, -0.25) is 0 Å². The van der Waals surface area contributed by atoms with Crippen molar-refractivity contribution in [3.63, 3.8) is 0 Å². The molecule has 53 heavy (non-hydrogen) atoms. The normalized spacial score (nSPS) is 11.4. The van der Waals surface area contributed by atoms with Gasteiger partial charge in [-0.05, 0) is 131 Å². The van der Waals surface area contributed by atoms with Crippen molar-refractivity contribution in [2.75, 3.05) is 4.90 Å². The summed E-state index contributed by atoms with van der Waals surface area (Å²) in [6, 6.07) is 77.3. The predicted molar refractivity (Wildman–Crippen MR) is 227 cm³/mol. The third-order valence-corrected chi connectivity index (χ3v) is 10.6. The molecular weight excluding hydrogens is 639 g/mol. The molecule has 0 fully saturated rings. The van der Waals surface area contributed by atoms with E-state index in [4.69, 9.17) is 0 Å². The zero-order valence-electron chi connectivity index (χ0n) is 29.2. The van der Waals surface area contributed by atoms with Gasteiger partial charge in [-0.1, -0.05) is 158 Å². The smallest absolute Gasteiger partial charge is 0.0467 e. The third kappa shape index (κ3) is 5.69. The van der Waals surface area contributed by atoms with Crippen molar-refractivity contribution in [3.05, 3.63) is 212 Å². The fourth-order valence-corrected chi connectivity index (χ4v) is 7.90. The molecule has 0 bridgehead atoms. The molecule has 10 rings (SSSR count). The van der Waals surface area contributed by atoms with Crippen LogP contribution in [-0.2, 0) is 0 Å². The van der Waals surface area contributed by atoms with E-state index in [0.717, 1.165) is 17.1 Å². The molecule has 0 amide bonds. The van der Waals surface area contributed by atoms with Crippen molar-refractivity contribution in [1.29, 1.82) is 0 Å². The highest BCUT2D eigenvalue weighted by molar-refractivity contribution is 6.13. The van der Waals surface area contributed by atoms with E-state index in [0.29, 0.717) is 0 Å². The number of anilines is 3. The minimum atomic E-state index is 1.10. The lowest BCUT2D eigenvalue weighted by Crippen LogP contribution is -2.10. The van der Waals surface area contributed by atoms with Crippen LogP contribution in [-0.4, -0.2) is 0 Å². The fourth-order valence-electron chi connectivity index (χ4n) is 7.90. The van der Waals surface area contributed by atoms with E-state index in [2.05, 4.69) is 217 Å². The van der Waals surface area contributed by atoms with E-state index in [9.17, 15) is 0 Å². The van der Waals surface area contributed by atoms with Crippen LogP contribution in [0, 0.1) is 0 Å². The number of benzene rings is 10. The molecule has 1 heteroatoms. The van der Waals surface area contributed by atoms with E-state index >= 15 is 0 Å². The maximum atomic E-state index is 2.37. The Kier molecular flexibility index (Phi) is 7.55. The first-order valence-corrected chi connectivity index (χ1v) is 18.2. The number of hydrogen-bond donors (Lipinski definition) is 0. The molecule has 0 aliphatic heterocycles. The van der Waals surface area contributed by atoms with Gasteiger partial charge in [0.1, 0.15) is 0 Å². The molecule has 0 spiro atoms. The van der Waals surface area contributed by atoms with Gasteiger partial charge in [0.2, 0.25) is 0 Å². The molecule has 0 heterocycles. The van der Waals surface area contributed by atoms with Gasteiger partial charge >= 0.3 is 0 Å². The van der Waals surface area contributed by atoms with Crippen LogP contribution >= 0.6 is 0 Å². The summed E-state index contributed by atoms with van der Waals surface area (Å²) in [4.78, 5) is 2.37. The van der Waals surface area contributed by atoms with E-state index in [1.54, 1.807) is 0 Å². The lowest BCUT2D eigenvalue weighted by molar-refractivity contribution is 1.28. The molecule has 10 aromatic carbocycles. The summed E-state index contributed by atoms with van der Waals surface area (Å²) in [5.74, 6) is 0. The summed E-state index contributed by atoms with van der Waals surface area (Å²) in [5, 5.41) is 10.1. The summed E-state index contributed by atoms with van der Waals surface area (Å²) in [7, 11) is 0. The monoisotopic (exact) mass is 673 g/mol. The quantitative estimate of drug-likeness (QED) is 0.159. The van der Waals surface area contributed by atoms with Crippen molar-refractivity contribution in [3.8, 4) is 33.4 Å². The van der Waals surface area contributed by atoms with Gasteiger partial charge in [-0.25, -0.2) is 0 Å². The van der Waals surface area contributed by atoms with Gasteiger partial charge in [-0.2, -0.15) is 0 Å². The van der Waals surface area contributed by atoms with Crippen molar-refractivity contribution in [2.24, 2.45) is 0 Å². The highest BCUT2D eigenvalue weighted by Crippen LogP contribution is 2.40. The molecule has 0 saturated heterocycles. The van der Waals surface area contributed by atoms with Gasteiger partial charge in [0.25, 0.3) is 0 Å². The van der Waals surface area contributed by atoms with Crippen molar-refractivity contribution in [2.45, 2.75) is 0 Å². The summed E-state index contributed by atoms with van der Waals surface area (Å²) in [5.41, 5.74) is 10.6. The molecule has 248 valence electrons. The Labute approximate surface area is 309 Å². The molecule has 1 nitrogen and oxygen atoms in total. The number of nitrogens with zero attached hydrogens (tertiary/aromatic N) is 1. The topological polar surface area (TPSA) is 3.24 Å². The maximum absolute atomic E-state index is 2.37. The van der Waals surface area contributed by atoms with Crippen LogP contribution in [0.5, 0.6) is 0 Å². The number of fused-ring (bicyclic) bond motifs is 5. The molecule has 0 radical (unpaired) electrons. The molecule has 0 aromatic heterocycles. The average Bonchev–Trinajstić information content (AvgIpc) is 3.24. The van der Waals surface area contributed by atoms with E-state index in [-0.39, 0.29) is 0 Å². The molecule has 0 aliphatic rings. The van der Waals surface area contributed by atoms with Gasteiger partial charge in [-0.15, -0.1) is 0 Å². The Morgan fingerprint density at radius 1 is 0.226 bits per heavy atom. The first-order valence-electron chi connectivity index (χ1n) is 18.2. The standard InChI is InChI=1S/C52H35N/c1-3-12-40-32-43(22-20-36(40)10-1)38-24-28-46(29-25-38)53(48-16-9-15-42(34-48)44-23-21-37-11-2-4-13-41(37)33-44)47-30-26-39(27-31-47)52-35-45-14-5-6-17-49(45)50-18-7-8-19-51(50)52/h1-35H. The Morgan fingerprint density at radius 3 is 1.34 bits per heavy atom. The highest BCUT2D eigenvalue weighted by atomic mass is 15.1. The average molecular weight is 674 g/mol. The minimum Gasteiger partial charge on any atom is -0.310 e. The Hall–Kier alpha value is -6.96. The van der Waals surface area contributed by atoms with E-state index in [1.165, 1.54) is 76.5 Å². The molecule has 0 saturated carbocycles. The van der Waals surface area contributed by atoms with Gasteiger partial charge < -0.3 is 4.90 Å². The van der Waals surface area contributed by atoms with E-state index < -0.39 is 0 Å². The fraction of sp³-hybridized carbons (Fsp3) is 0. The van der Waals surface area contributed by atoms with Crippen LogP contribution in [0.2, 0.25) is 0 Å². The van der Waals surface area contributed by atoms with Crippen LogP contribution in [0.25, 0.3) is 76.5 Å². The second kappa shape index (κ2) is 13.0. The summed E-state index contributed by atoms with van der Waals surface area (Å²) in [6.07, 6.45) is 0. The van der Waals surface area contributed by atoms with Crippen molar-refractivity contribution in [1.82, 2.24) is 0 Å². The zero-order valence-corrected chi connectivity index (χ0v) is 29.2. The molecule has 0 atom stereocenters. The summed E-state index contributed by atoms with van der Waals surface area (Å²) >= 11 is 0. The molecule has 10 aromatic rings. The number of rotatable bonds is 6. The highest BCUT2D eigenvalue weighted by Gasteiger charge is 2.16. The first-order chi connectivity index (χ1) is 26.2. The molecular formula is C52H35N. The zero-order chi connectivity index (χ0) is 35.1. The lowest BCUT2D eigenvalue weighted by Gasteiger charge is -2.26. The minimum absolute atomic E-state index is 1.10. The summed E-state index contributed by atoms with van der Waals surface area (Å²) in [6.45, 7) is 0. The Morgan fingerprint density at radius 2 is 0.698 bits per heavy atom. The van der Waals surface area contributed by atoms with Gasteiger partial charge in [0.15, 0.2) is 0 Å². The van der Waals surface area contributed by atoms with Crippen LogP contribution in [0.4, 0.5) is 17.1 Å². The van der Waals surface area contributed by atoms with Gasteiger partial charge in [0.05, 0.1) is 0 Å². The third-order valence-electron chi connectivity index (χ3n) is 10.6. The van der Waals surface area contributed by atoms with Crippen LogP contribution < -0.4 is 4.90 Å². The SMILES string of the molecule is c1cc(-c2ccc3ccccc3c2)cc(N(c2ccc(-c3ccc4ccccc4c3)cc2)c2ccc(-c3cc4ccccc4c4ccccc34)cc2)c1. The van der Waals surface area contributed by atoms with Crippen LogP contribution in [0.15, 0.2) is 212 Å². The van der Waals surface area contributed by atoms with Crippen LogP contribution in [0.1, 0.15) is 0 Å². The lowest BCUT2D eigenvalue weighted by atomic mass is 9.93. The maximum Gasteiger partial charge on any atom is 0.0467 e. The van der Waals surface area contributed by atoms with Crippen LogP contribution in [0.3, 0.4) is 0 Å². The van der Waals surface area contributed by atoms with E-state index in [1.807, 2.05) is 0 Å². The Balaban J connectivity index is 1.08. The van der Waals surface area contributed by atoms with Crippen molar-refractivity contribution < 1.29 is 0 Å². The second-order valence-electron chi connectivity index (χ2n) is 13.8. The second-order valence-corrected chi connectivity index (χ2v) is 13.8. The largest absolute Gasteiger partial charge is 0.310 e. The summed E-state index contributed by atoms with van der Waals surface area (Å²) < 4.78 is 0. The Bertz CT molecular complexity index is 2940. The van der Waals surface area contributed by atoms with Gasteiger partial charge in [0, 0.05) is 17.1 Å². The molecule has 0 aliphatic carbocycles. The molecule has 0 N–H and O–H groups in total. The van der Waals surface area contributed by atoms with Crippen molar-refractivity contribution >= 4 is 60.2 Å². The number of hydrogen-bond acceptors (Lipinski definition) is 1. The first kappa shape index (κ1) is 30.8. The molecule has 0 unspecified atom stereocenters.